The highest BCUT2D eigenvalue weighted by Crippen LogP contribution is 2.25. The van der Waals surface area contributed by atoms with E-state index in [2.05, 4.69) is 24.6 Å². The highest BCUT2D eigenvalue weighted by atomic mass is 32.2. The Morgan fingerprint density at radius 3 is 2.78 bits per heavy atom. The molecule has 5 nitrogen and oxygen atoms in total. The molecule has 0 saturated heterocycles. The van der Waals surface area contributed by atoms with E-state index in [0.29, 0.717) is 6.04 Å². The van der Waals surface area contributed by atoms with Crippen molar-refractivity contribution in [2.75, 3.05) is 0 Å². The third-order valence-electron chi connectivity index (χ3n) is 2.54. The Morgan fingerprint density at radius 1 is 1.39 bits per heavy atom. The fourth-order valence-corrected chi connectivity index (χ4v) is 2.89. The fourth-order valence-electron chi connectivity index (χ4n) is 1.43. The topological polar surface area (TPSA) is 63.6 Å². The van der Waals surface area contributed by atoms with Crippen LogP contribution < -0.4 is 5.32 Å². The summed E-state index contributed by atoms with van der Waals surface area (Å²) in [5.74, 6) is 0.799. The van der Waals surface area contributed by atoms with Gasteiger partial charge in [-0.1, -0.05) is 0 Å². The van der Waals surface area contributed by atoms with Crippen LogP contribution in [0.1, 0.15) is 24.2 Å². The van der Waals surface area contributed by atoms with Crippen molar-refractivity contribution in [2.24, 2.45) is 0 Å². The van der Waals surface area contributed by atoms with E-state index in [0.717, 1.165) is 27.4 Å². The van der Waals surface area contributed by atoms with Crippen molar-refractivity contribution in [3.05, 3.63) is 23.8 Å². The highest BCUT2D eigenvalue weighted by molar-refractivity contribution is 8.00. The van der Waals surface area contributed by atoms with E-state index in [1.165, 1.54) is 36.1 Å². The van der Waals surface area contributed by atoms with Gasteiger partial charge >= 0.3 is 0 Å². The molecule has 2 aromatic heterocycles. The summed E-state index contributed by atoms with van der Waals surface area (Å²) >= 11 is 2.84. The van der Waals surface area contributed by atoms with Crippen LogP contribution in [-0.4, -0.2) is 25.4 Å². The van der Waals surface area contributed by atoms with Crippen molar-refractivity contribution in [1.29, 1.82) is 0 Å². The minimum atomic E-state index is 0.711. The number of hydrogen-bond donors (Lipinski definition) is 1. The molecule has 0 atom stereocenters. The minimum Gasteiger partial charge on any atom is -0.310 e. The van der Waals surface area contributed by atoms with E-state index in [1.54, 1.807) is 0 Å². The molecule has 0 amide bonds. The predicted molar refractivity (Wildman–Crippen MR) is 70.7 cm³/mol. The molecule has 1 saturated carbocycles. The van der Waals surface area contributed by atoms with Crippen LogP contribution in [0.4, 0.5) is 0 Å². The van der Waals surface area contributed by atoms with Crippen LogP contribution in [0.5, 0.6) is 0 Å². The van der Waals surface area contributed by atoms with Crippen molar-refractivity contribution in [3.8, 4) is 0 Å². The zero-order valence-corrected chi connectivity index (χ0v) is 11.6. The maximum absolute atomic E-state index is 4.33. The van der Waals surface area contributed by atoms with Crippen molar-refractivity contribution >= 4 is 23.3 Å². The second-order valence-electron chi connectivity index (χ2n) is 4.24. The summed E-state index contributed by atoms with van der Waals surface area (Å²) < 4.78 is 5.02. The third-order valence-corrected chi connectivity index (χ3v) is 4.28. The summed E-state index contributed by atoms with van der Waals surface area (Å²) in [5, 5.41) is 4.16. The Morgan fingerprint density at radius 2 is 2.17 bits per heavy atom. The lowest BCUT2D eigenvalue weighted by atomic mass is 10.3. The normalized spacial score (nSPS) is 14.9. The monoisotopic (exact) mass is 279 g/mol. The van der Waals surface area contributed by atoms with Gasteiger partial charge in [0.1, 0.15) is 5.82 Å². The molecule has 2 aromatic rings. The van der Waals surface area contributed by atoms with Gasteiger partial charge in [-0.15, -0.1) is 0 Å². The molecular weight excluding hydrogens is 266 g/mol. The Balaban J connectivity index is 1.59. The van der Waals surface area contributed by atoms with Crippen LogP contribution in [0.3, 0.4) is 0 Å². The standard InChI is InChI=1S/C11H13N5S2/c1-7-15-11(18-16-7)17-10-13-5-8(6-14-10)4-12-9-2-3-9/h5-6,9,12H,2-4H2,1H3. The average molecular weight is 279 g/mol. The predicted octanol–water partition coefficient (Wildman–Crippen LogP) is 2.04. The quantitative estimate of drug-likeness (QED) is 0.845. The Labute approximate surface area is 114 Å². The Bertz CT molecular complexity index is 520. The molecule has 18 heavy (non-hydrogen) atoms. The van der Waals surface area contributed by atoms with Crippen LogP contribution in [0, 0.1) is 6.92 Å². The molecule has 0 radical (unpaired) electrons. The molecule has 1 fully saturated rings. The van der Waals surface area contributed by atoms with Gasteiger partial charge in [-0.05, 0) is 43.1 Å². The lowest BCUT2D eigenvalue weighted by Crippen LogP contribution is -2.15. The molecule has 7 heteroatoms. The maximum atomic E-state index is 4.33. The van der Waals surface area contributed by atoms with Crippen molar-refractivity contribution in [1.82, 2.24) is 24.6 Å². The van der Waals surface area contributed by atoms with Crippen molar-refractivity contribution < 1.29 is 0 Å². The van der Waals surface area contributed by atoms with Crippen molar-refractivity contribution in [2.45, 2.75) is 41.8 Å². The van der Waals surface area contributed by atoms with Gasteiger partial charge in [-0.25, -0.2) is 15.0 Å². The molecule has 3 rings (SSSR count). The smallest absolute Gasteiger partial charge is 0.194 e. The Hall–Kier alpha value is -1.05. The number of nitrogens with one attached hydrogen (secondary N) is 1. The minimum absolute atomic E-state index is 0.711. The molecule has 0 spiro atoms. The summed E-state index contributed by atoms with van der Waals surface area (Å²) in [7, 11) is 0. The van der Waals surface area contributed by atoms with Crippen LogP contribution in [0.15, 0.2) is 21.9 Å². The number of nitrogens with zero attached hydrogens (tertiary/aromatic N) is 4. The molecule has 1 aliphatic rings. The van der Waals surface area contributed by atoms with Crippen LogP contribution >= 0.6 is 23.3 Å². The van der Waals surface area contributed by atoms with E-state index < -0.39 is 0 Å². The van der Waals surface area contributed by atoms with Gasteiger partial charge in [0.05, 0.1) is 0 Å². The van der Waals surface area contributed by atoms with Gasteiger partial charge in [0.2, 0.25) is 0 Å². The summed E-state index contributed by atoms with van der Waals surface area (Å²) in [5.41, 5.74) is 1.12. The molecule has 1 N–H and O–H groups in total. The van der Waals surface area contributed by atoms with E-state index in [4.69, 9.17) is 0 Å². The van der Waals surface area contributed by atoms with Crippen LogP contribution in [0.25, 0.3) is 0 Å². The van der Waals surface area contributed by atoms with Gasteiger partial charge in [0.25, 0.3) is 0 Å². The highest BCUT2D eigenvalue weighted by Gasteiger charge is 2.19. The lowest BCUT2D eigenvalue weighted by molar-refractivity contribution is 0.680. The van der Waals surface area contributed by atoms with E-state index in [1.807, 2.05) is 19.3 Å². The maximum Gasteiger partial charge on any atom is 0.194 e. The molecule has 2 heterocycles. The molecule has 0 aromatic carbocycles. The second-order valence-corrected chi connectivity index (χ2v) is 6.20. The first-order valence-electron chi connectivity index (χ1n) is 5.82. The first-order valence-corrected chi connectivity index (χ1v) is 7.41. The van der Waals surface area contributed by atoms with Crippen LogP contribution in [0.2, 0.25) is 0 Å². The van der Waals surface area contributed by atoms with Gasteiger partial charge < -0.3 is 5.32 Å². The number of aromatic nitrogens is 4. The zero-order chi connectivity index (χ0) is 12.4. The Kier molecular flexibility index (Phi) is 3.53. The summed E-state index contributed by atoms with van der Waals surface area (Å²) in [6, 6.07) is 0.711. The number of rotatable bonds is 5. The van der Waals surface area contributed by atoms with E-state index in [-0.39, 0.29) is 0 Å². The largest absolute Gasteiger partial charge is 0.310 e. The molecular formula is C11H13N5S2. The van der Waals surface area contributed by atoms with E-state index >= 15 is 0 Å². The zero-order valence-electron chi connectivity index (χ0n) is 9.96. The summed E-state index contributed by atoms with van der Waals surface area (Å²) in [6.45, 7) is 2.74. The number of aryl methyl sites for hydroxylation is 1. The average Bonchev–Trinajstić information content (AvgIpc) is 3.12. The van der Waals surface area contributed by atoms with Crippen LogP contribution in [-0.2, 0) is 6.54 Å². The molecule has 0 bridgehead atoms. The first kappa shape index (κ1) is 12.0. The second kappa shape index (κ2) is 5.29. The van der Waals surface area contributed by atoms with Gasteiger partial charge in [0.15, 0.2) is 9.50 Å². The molecule has 0 unspecified atom stereocenters. The molecule has 1 aliphatic carbocycles. The van der Waals surface area contributed by atoms with Gasteiger partial charge in [0, 0.05) is 30.5 Å². The SMILES string of the molecule is Cc1nsc(Sc2ncc(CNC3CC3)cn2)n1. The first-order chi connectivity index (χ1) is 8.79. The number of hydrogen-bond acceptors (Lipinski definition) is 7. The molecule has 94 valence electrons. The van der Waals surface area contributed by atoms with Gasteiger partial charge in [-0.2, -0.15) is 4.37 Å². The molecule has 0 aliphatic heterocycles. The third kappa shape index (κ3) is 3.24. The van der Waals surface area contributed by atoms with Gasteiger partial charge in [-0.3, -0.25) is 0 Å². The van der Waals surface area contributed by atoms with Crippen molar-refractivity contribution in [3.63, 3.8) is 0 Å². The van der Waals surface area contributed by atoms with E-state index in [9.17, 15) is 0 Å². The lowest BCUT2D eigenvalue weighted by Gasteiger charge is -2.02. The fraction of sp³-hybridized carbons (Fsp3) is 0.455. The summed E-state index contributed by atoms with van der Waals surface area (Å²) in [4.78, 5) is 12.9. The summed E-state index contributed by atoms with van der Waals surface area (Å²) in [6.07, 6.45) is 6.34.